The van der Waals surface area contributed by atoms with Crippen molar-refractivity contribution >= 4 is 15.9 Å². The minimum absolute atomic E-state index is 0.0606. The van der Waals surface area contributed by atoms with Crippen molar-refractivity contribution < 1.29 is 27.4 Å². The van der Waals surface area contributed by atoms with Gasteiger partial charge in [-0.05, 0) is 42.7 Å². The predicted octanol–water partition coefficient (Wildman–Crippen LogP) is 2.72. The van der Waals surface area contributed by atoms with E-state index in [1.54, 1.807) is 37.4 Å². The smallest absolute Gasteiger partial charge is 0.267 e. The highest BCUT2D eigenvalue weighted by Gasteiger charge is 2.32. The number of methoxy groups -OCH3 is 1. The van der Waals surface area contributed by atoms with Crippen molar-refractivity contribution in [2.45, 2.75) is 43.2 Å². The van der Waals surface area contributed by atoms with Crippen LogP contribution in [0.15, 0.2) is 47.4 Å². The lowest BCUT2D eigenvalue weighted by atomic mass is 10.2. The summed E-state index contributed by atoms with van der Waals surface area (Å²) in [7, 11) is -2.17. The number of nitrogens with zero attached hydrogens (tertiary/aromatic N) is 1. The van der Waals surface area contributed by atoms with Gasteiger partial charge in [0.1, 0.15) is 12.4 Å². The SMILES string of the molecule is COc1ccc(CNS(=O)(=O)c2ccc3c(c2)OCC(C(=O)N2CCCCCC2)O3)cc1. The van der Waals surface area contributed by atoms with Gasteiger partial charge in [-0.25, -0.2) is 13.1 Å². The fourth-order valence-corrected chi connectivity index (χ4v) is 4.87. The Hall–Kier alpha value is -2.78. The summed E-state index contributed by atoms with van der Waals surface area (Å²) in [5, 5.41) is 0. The van der Waals surface area contributed by atoms with Crippen LogP contribution in [-0.4, -0.2) is 52.1 Å². The maximum absolute atomic E-state index is 12.8. The lowest BCUT2D eigenvalue weighted by molar-refractivity contribution is -0.141. The van der Waals surface area contributed by atoms with E-state index >= 15 is 0 Å². The second-order valence-corrected chi connectivity index (χ2v) is 9.71. The molecule has 0 aromatic heterocycles. The molecule has 9 heteroatoms. The van der Waals surface area contributed by atoms with E-state index in [0.29, 0.717) is 17.2 Å². The summed E-state index contributed by atoms with van der Waals surface area (Å²) in [6.45, 7) is 1.68. The van der Waals surface area contributed by atoms with E-state index in [1.165, 1.54) is 12.1 Å². The number of nitrogens with one attached hydrogen (secondary N) is 1. The average Bonchev–Trinajstić information content (AvgIpc) is 3.11. The zero-order valence-electron chi connectivity index (χ0n) is 18.1. The van der Waals surface area contributed by atoms with Crippen LogP contribution in [-0.2, 0) is 21.4 Å². The first-order valence-electron chi connectivity index (χ1n) is 10.8. The largest absolute Gasteiger partial charge is 0.497 e. The van der Waals surface area contributed by atoms with Crippen LogP contribution in [0.4, 0.5) is 0 Å². The van der Waals surface area contributed by atoms with Gasteiger partial charge in [-0.3, -0.25) is 4.79 Å². The van der Waals surface area contributed by atoms with Gasteiger partial charge in [0.25, 0.3) is 5.91 Å². The summed E-state index contributed by atoms with van der Waals surface area (Å²) in [6, 6.07) is 11.6. The van der Waals surface area contributed by atoms with E-state index in [4.69, 9.17) is 14.2 Å². The van der Waals surface area contributed by atoms with Gasteiger partial charge in [0.05, 0.1) is 12.0 Å². The zero-order valence-corrected chi connectivity index (χ0v) is 18.9. The number of ether oxygens (including phenoxy) is 3. The molecule has 172 valence electrons. The second kappa shape index (κ2) is 9.79. The third kappa shape index (κ3) is 5.16. The van der Waals surface area contributed by atoms with Crippen molar-refractivity contribution in [3.8, 4) is 17.2 Å². The van der Waals surface area contributed by atoms with Crippen LogP contribution >= 0.6 is 0 Å². The highest BCUT2D eigenvalue weighted by Crippen LogP contribution is 2.34. The van der Waals surface area contributed by atoms with Crippen LogP contribution < -0.4 is 18.9 Å². The molecule has 1 atom stereocenters. The number of hydrogen-bond donors (Lipinski definition) is 1. The van der Waals surface area contributed by atoms with Gasteiger partial charge in [-0.2, -0.15) is 0 Å². The highest BCUT2D eigenvalue weighted by molar-refractivity contribution is 7.89. The van der Waals surface area contributed by atoms with Crippen molar-refractivity contribution in [2.75, 3.05) is 26.8 Å². The molecule has 0 bridgehead atoms. The van der Waals surface area contributed by atoms with Crippen molar-refractivity contribution in [1.82, 2.24) is 9.62 Å². The van der Waals surface area contributed by atoms with Gasteiger partial charge >= 0.3 is 0 Å². The molecule has 0 saturated carbocycles. The summed E-state index contributed by atoms with van der Waals surface area (Å²) in [5.74, 6) is 1.32. The fraction of sp³-hybridized carbons (Fsp3) is 0.435. The van der Waals surface area contributed by atoms with Crippen LogP contribution in [0.3, 0.4) is 0 Å². The Morgan fingerprint density at radius 2 is 1.78 bits per heavy atom. The van der Waals surface area contributed by atoms with E-state index < -0.39 is 16.1 Å². The molecule has 0 aliphatic carbocycles. The van der Waals surface area contributed by atoms with Gasteiger partial charge in [0.15, 0.2) is 11.5 Å². The van der Waals surface area contributed by atoms with Crippen molar-refractivity contribution in [3.63, 3.8) is 0 Å². The molecule has 2 aliphatic heterocycles. The van der Waals surface area contributed by atoms with Crippen LogP contribution in [0, 0.1) is 0 Å². The molecule has 1 unspecified atom stereocenters. The molecular formula is C23H28N2O6S. The van der Waals surface area contributed by atoms with Crippen molar-refractivity contribution in [1.29, 1.82) is 0 Å². The summed E-state index contributed by atoms with van der Waals surface area (Å²) < 4.78 is 44.8. The highest BCUT2D eigenvalue weighted by atomic mass is 32.2. The average molecular weight is 461 g/mol. The van der Waals surface area contributed by atoms with Crippen molar-refractivity contribution in [2.24, 2.45) is 0 Å². The first-order chi connectivity index (χ1) is 15.5. The monoisotopic (exact) mass is 460 g/mol. The van der Waals surface area contributed by atoms with Gasteiger partial charge in [0, 0.05) is 25.7 Å². The molecular weight excluding hydrogens is 432 g/mol. The Bertz CT molecular complexity index is 1050. The molecule has 1 amide bonds. The quantitative estimate of drug-likeness (QED) is 0.712. The molecule has 4 rings (SSSR count). The second-order valence-electron chi connectivity index (χ2n) is 7.94. The fourth-order valence-electron chi connectivity index (χ4n) is 3.84. The lowest BCUT2D eigenvalue weighted by Gasteiger charge is -2.30. The third-order valence-electron chi connectivity index (χ3n) is 5.70. The molecule has 1 fully saturated rings. The molecule has 2 aromatic carbocycles. The molecule has 1 saturated heterocycles. The molecule has 32 heavy (non-hydrogen) atoms. The zero-order chi connectivity index (χ0) is 22.6. The Morgan fingerprint density at radius 1 is 1.06 bits per heavy atom. The number of amides is 1. The van der Waals surface area contributed by atoms with Crippen molar-refractivity contribution in [3.05, 3.63) is 48.0 Å². The first-order valence-corrected chi connectivity index (χ1v) is 12.3. The number of fused-ring (bicyclic) bond motifs is 1. The Morgan fingerprint density at radius 3 is 2.47 bits per heavy atom. The summed E-state index contributed by atoms with van der Waals surface area (Å²) in [4.78, 5) is 14.7. The van der Waals surface area contributed by atoms with E-state index in [9.17, 15) is 13.2 Å². The lowest BCUT2D eigenvalue weighted by Crippen LogP contribution is -2.46. The standard InChI is InChI=1S/C23H28N2O6S/c1-29-18-8-6-17(7-9-18)15-24-32(27,28)19-10-11-20-21(14-19)30-16-22(31-20)23(26)25-12-4-2-3-5-13-25/h6-11,14,22,24H,2-5,12-13,15-16H2,1H3. The number of sulfonamides is 1. The third-order valence-corrected chi connectivity index (χ3v) is 7.10. The maximum Gasteiger partial charge on any atom is 0.267 e. The van der Waals surface area contributed by atoms with Crippen LogP contribution in [0.25, 0.3) is 0 Å². The number of rotatable bonds is 6. The first kappa shape index (κ1) is 22.4. The van der Waals surface area contributed by atoms with Gasteiger partial charge < -0.3 is 19.1 Å². The van der Waals surface area contributed by atoms with Crippen LogP contribution in [0.1, 0.15) is 31.2 Å². The van der Waals surface area contributed by atoms with Crippen LogP contribution in [0.5, 0.6) is 17.2 Å². The van der Waals surface area contributed by atoms with Crippen LogP contribution in [0.2, 0.25) is 0 Å². The Labute approximate surface area is 188 Å². The predicted molar refractivity (Wildman–Crippen MR) is 118 cm³/mol. The minimum atomic E-state index is -3.75. The number of carbonyl (C=O) groups is 1. The van der Waals surface area contributed by atoms with E-state index in [-0.39, 0.29) is 24.0 Å². The topological polar surface area (TPSA) is 94.2 Å². The van der Waals surface area contributed by atoms with E-state index in [1.807, 2.05) is 4.90 Å². The normalized spacial score (nSPS) is 18.7. The van der Waals surface area contributed by atoms with Gasteiger partial charge in [-0.15, -0.1) is 0 Å². The summed E-state index contributed by atoms with van der Waals surface area (Å²) in [6.07, 6.45) is 3.56. The number of carbonyl (C=O) groups excluding carboxylic acids is 1. The Kier molecular flexibility index (Phi) is 6.86. The number of likely N-dealkylation sites (tertiary alicyclic amines) is 1. The molecule has 0 spiro atoms. The summed E-state index contributed by atoms with van der Waals surface area (Å²) >= 11 is 0. The Balaban J connectivity index is 1.40. The molecule has 1 N–H and O–H groups in total. The van der Waals surface area contributed by atoms with Gasteiger partial charge in [0.2, 0.25) is 16.1 Å². The maximum atomic E-state index is 12.8. The minimum Gasteiger partial charge on any atom is -0.497 e. The van der Waals surface area contributed by atoms with E-state index in [0.717, 1.165) is 44.3 Å². The molecule has 2 aromatic rings. The van der Waals surface area contributed by atoms with Gasteiger partial charge in [-0.1, -0.05) is 25.0 Å². The number of benzene rings is 2. The molecule has 0 radical (unpaired) electrons. The summed E-state index contributed by atoms with van der Waals surface area (Å²) in [5.41, 5.74) is 0.807. The molecule has 2 aliphatic rings. The number of hydrogen-bond acceptors (Lipinski definition) is 6. The molecule has 8 nitrogen and oxygen atoms in total. The molecule has 2 heterocycles. The van der Waals surface area contributed by atoms with E-state index in [2.05, 4.69) is 4.72 Å².